The van der Waals surface area contributed by atoms with Crippen LogP contribution in [0.5, 0.6) is 0 Å². The second-order valence-electron chi connectivity index (χ2n) is 3.92. The van der Waals surface area contributed by atoms with Gasteiger partial charge in [0, 0.05) is 5.71 Å². The topological polar surface area (TPSA) is 38.4 Å². The molecular weight excluding hydrogens is 160 g/mol. The lowest BCUT2D eigenvalue weighted by Crippen LogP contribution is -2.19. The lowest BCUT2D eigenvalue weighted by Gasteiger charge is -2.23. The first kappa shape index (κ1) is 10.7. The van der Waals surface area contributed by atoms with Crippen LogP contribution in [0, 0.1) is 5.92 Å². The standard InChI is InChI=1S/C11H22N2/c1-2-6-11(13-9-12)10-7-4-3-5-8-10/h10H,2-9,12H2,1H3. The summed E-state index contributed by atoms with van der Waals surface area (Å²) in [5.74, 6) is 0.761. The average molecular weight is 182 g/mol. The van der Waals surface area contributed by atoms with E-state index in [1.807, 2.05) is 0 Å². The lowest BCUT2D eigenvalue weighted by atomic mass is 9.84. The number of nitrogens with two attached hydrogens (primary N) is 1. The van der Waals surface area contributed by atoms with Crippen molar-refractivity contribution in [3.63, 3.8) is 0 Å². The number of aliphatic imine (C=N–C) groups is 1. The van der Waals surface area contributed by atoms with Crippen LogP contribution >= 0.6 is 0 Å². The molecule has 1 rings (SSSR count). The molecule has 76 valence electrons. The van der Waals surface area contributed by atoms with Crippen LogP contribution in [-0.4, -0.2) is 12.4 Å². The van der Waals surface area contributed by atoms with E-state index >= 15 is 0 Å². The van der Waals surface area contributed by atoms with Crippen molar-refractivity contribution in [3.05, 3.63) is 0 Å². The fraction of sp³-hybridized carbons (Fsp3) is 0.909. The van der Waals surface area contributed by atoms with Crippen molar-refractivity contribution in [1.29, 1.82) is 0 Å². The Morgan fingerprint density at radius 2 is 2.00 bits per heavy atom. The summed E-state index contributed by atoms with van der Waals surface area (Å²) in [4.78, 5) is 4.43. The Morgan fingerprint density at radius 1 is 1.31 bits per heavy atom. The zero-order valence-electron chi connectivity index (χ0n) is 8.76. The van der Waals surface area contributed by atoms with E-state index in [-0.39, 0.29) is 0 Å². The van der Waals surface area contributed by atoms with Gasteiger partial charge >= 0.3 is 0 Å². The van der Waals surface area contributed by atoms with Crippen molar-refractivity contribution < 1.29 is 0 Å². The quantitative estimate of drug-likeness (QED) is 0.667. The van der Waals surface area contributed by atoms with Crippen molar-refractivity contribution in [2.75, 3.05) is 6.67 Å². The zero-order chi connectivity index (χ0) is 9.52. The van der Waals surface area contributed by atoms with Crippen molar-refractivity contribution >= 4 is 5.71 Å². The van der Waals surface area contributed by atoms with E-state index in [0.717, 1.165) is 12.3 Å². The summed E-state index contributed by atoms with van der Waals surface area (Å²) in [6.07, 6.45) is 9.24. The van der Waals surface area contributed by atoms with Gasteiger partial charge in [0.1, 0.15) is 0 Å². The number of hydrogen-bond donors (Lipinski definition) is 1. The first-order chi connectivity index (χ1) is 6.38. The fourth-order valence-electron chi connectivity index (χ4n) is 2.22. The van der Waals surface area contributed by atoms with Crippen LogP contribution in [0.1, 0.15) is 51.9 Å². The van der Waals surface area contributed by atoms with Crippen LogP contribution in [0.3, 0.4) is 0 Å². The van der Waals surface area contributed by atoms with Gasteiger partial charge in [-0.25, -0.2) is 0 Å². The highest BCUT2D eigenvalue weighted by Crippen LogP contribution is 2.26. The maximum Gasteiger partial charge on any atom is 0.0858 e. The van der Waals surface area contributed by atoms with Crippen LogP contribution < -0.4 is 5.73 Å². The first-order valence-electron chi connectivity index (χ1n) is 5.61. The summed E-state index contributed by atoms with van der Waals surface area (Å²) in [6.45, 7) is 2.70. The van der Waals surface area contributed by atoms with Crippen molar-refractivity contribution in [2.45, 2.75) is 51.9 Å². The van der Waals surface area contributed by atoms with Crippen molar-refractivity contribution in [2.24, 2.45) is 16.6 Å². The van der Waals surface area contributed by atoms with Gasteiger partial charge in [-0.1, -0.05) is 32.6 Å². The van der Waals surface area contributed by atoms with Gasteiger partial charge in [0.05, 0.1) is 6.67 Å². The molecule has 2 heteroatoms. The molecule has 1 aliphatic carbocycles. The fourth-order valence-corrected chi connectivity index (χ4v) is 2.22. The van der Waals surface area contributed by atoms with E-state index < -0.39 is 0 Å². The van der Waals surface area contributed by atoms with Gasteiger partial charge in [-0.05, 0) is 25.2 Å². The summed E-state index contributed by atoms with van der Waals surface area (Å²) < 4.78 is 0. The van der Waals surface area contributed by atoms with Crippen LogP contribution in [0.15, 0.2) is 4.99 Å². The Bertz CT molecular complexity index is 157. The maximum absolute atomic E-state index is 5.48. The van der Waals surface area contributed by atoms with Gasteiger partial charge in [0.2, 0.25) is 0 Å². The summed E-state index contributed by atoms with van der Waals surface area (Å²) >= 11 is 0. The highest BCUT2D eigenvalue weighted by molar-refractivity contribution is 5.86. The Hall–Kier alpha value is -0.370. The molecule has 1 aliphatic rings. The molecule has 0 spiro atoms. The normalized spacial score (nSPS) is 20.6. The first-order valence-corrected chi connectivity index (χ1v) is 5.61. The molecule has 0 aromatic carbocycles. The predicted molar refractivity (Wildman–Crippen MR) is 58.0 cm³/mol. The molecule has 0 radical (unpaired) electrons. The van der Waals surface area contributed by atoms with Gasteiger partial charge in [-0.15, -0.1) is 0 Å². The number of nitrogens with zero attached hydrogens (tertiary/aromatic N) is 1. The van der Waals surface area contributed by atoms with E-state index in [0.29, 0.717) is 6.67 Å². The number of hydrogen-bond acceptors (Lipinski definition) is 2. The Morgan fingerprint density at radius 3 is 2.54 bits per heavy atom. The molecule has 0 amide bonds. The largest absolute Gasteiger partial charge is 0.312 e. The Balaban J connectivity index is 2.46. The minimum atomic E-state index is 0.478. The lowest BCUT2D eigenvalue weighted by molar-refractivity contribution is 0.434. The van der Waals surface area contributed by atoms with Crippen LogP contribution in [-0.2, 0) is 0 Å². The minimum absolute atomic E-state index is 0.478. The molecule has 13 heavy (non-hydrogen) atoms. The summed E-state index contributed by atoms with van der Waals surface area (Å²) in [6, 6.07) is 0. The van der Waals surface area contributed by atoms with Gasteiger partial charge in [0.15, 0.2) is 0 Å². The maximum atomic E-state index is 5.48. The molecule has 0 atom stereocenters. The third kappa shape index (κ3) is 3.47. The second-order valence-corrected chi connectivity index (χ2v) is 3.92. The minimum Gasteiger partial charge on any atom is -0.312 e. The summed E-state index contributed by atoms with van der Waals surface area (Å²) in [5.41, 5.74) is 6.87. The summed E-state index contributed by atoms with van der Waals surface area (Å²) in [7, 11) is 0. The van der Waals surface area contributed by atoms with Gasteiger partial charge in [0.25, 0.3) is 0 Å². The molecule has 0 heterocycles. The van der Waals surface area contributed by atoms with E-state index in [4.69, 9.17) is 5.73 Å². The molecule has 2 nitrogen and oxygen atoms in total. The number of rotatable bonds is 4. The molecule has 1 saturated carbocycles. The molecule has 1 fully saturated rings. The molecule has 0 unspecified atom stereocenters. The molecule has 0 aromatic heterocycles. The SMILES string of the molecule is CCCC(=NCN)C1CCCCC1. The van der Waals surface area contributed by atoms with Gasteiger partial charge in [-0.3, -0.25) is 4.99 Å². The van der Waals surface area contributed by atoms with Gasteiger partial charge in [-0.2, -0.15) is 0 Å². The smallest absolute Gasteiger partial charge is 0.0858 e. The molecule has 0 aliphatic heterocycles. The Labute approximate surface area is 81.6 Å². The van der Waals surface area contributed by atoms with Crippen molar-refractivity contribution in [3.8, 4) is 0 Å². The molecular formula is C11H22N2. The zero-order valence-corrected chi connectivity index (χ0v) is 8.76. The van der Waals surface area contributed by atoms with E-state index in [1.165, 1.54) is 44.2 Å². The second kappa shape index (κ2) is 6.14. The monoisotopic (exact) mass is 182 g/mol. The molecule has 2 N–H and O–H groups in total. The third-order valence-corrected chi connectivity index (χ3v) is 2.88. The highest BCUT2D eigenvalue weighted by atomic mass is 14.9. The molecule has 0 bridgehead atoms. The molecule has 0 saturated heterocycles. The highest BCUT2D eigenvalue weighted by Gasteiger charge is 2.17. The summed E-state index contributed by atoms with van der Waals surface area (Å²) in [5, 5.41) is 0. The average Bonchev–Trinajstić information content (AvgIpc) is 2.19. The van der Waals surface area contributed by atoms with E-state index in [2.05, 4.69) is 11.9 Å². The molecule has 0 aromatic rings. The van der Waals surface area contributed by atoms with Gasteiger partial charge < -0.3 is 5.73 Å². The van der Waals surface area contributed by atoms with Crippen LogP contribution in [0.4, 0.5) is 0 Å². The Kier molecular flexibility index (Phi) is 5.06. The van der Waals surface area contributed by atoms with Crippen LogP contribution in [0.25, 0.3) is 0 Å². The third-order valence-electron chi connectivity index (χ3n) is 2.88. The van der Waals surface area contributed by atoms with Crippen LogP contribution in [0.2, 0.25) is 0 Å². The predicted octanol–water partition coefficient (Wildman–Crippen LogP) is 2.72. The van der Waals surface area contributed by atoms with E-state index in [9.17, 15) is 0 Å². The van der Waals surface area contributed by atoms with Crippen molar-refractivity contribution in [1.82, 2.24) is 0 Å². The van der Waals surface area contributed by atoms with E-state index in [1.54, 1.807) is 0 Å².